The first-order chi connectivity index (χ1) is 12.6. The number of benzene rings is 2. The minimum Gasteiger partial charge on any atom is -0.465 e. The highest BCUT2D eigenvalue weighted by Gasteiger charge is 2.33. The molecule has 1 saturated heterocycles. The standard InChI is InChI=1S/C21H19NO4/c1-26-21(25)17-9-7-16(8-10-17)13-18-14-19(23)22(20(18)24)12-11-15-5-3-2-4-6-15/h2-10,13H,11-12,14H2,1H3/b18-13+. The van der Waals surface area contributed by atoms with Gasteiger partial charge in [0.2, 0.25) is 5.91 Å². The lowest BCUT2D eigenvalue weighted by Crippen LogP contribution is -2.31. The molecule has 2 aromatic carbocycles. The molecular formula is C21H19NO4. The van der Waals surface area contributed by atoms with Gasteiger partial charge in [-0.15, -0.1) is 0 Å². The summed E-state index contributed by atoms with van der Waals surface area (Å²) in [6, 6.07) is 16.5. The van der Waals surface area contributed by atoms with Gasteiger partial charge in [0.25, 0.3) is 5.91 Å². The monoisotopic (exact) mass is 349 g/mol. The molecule has 1 aliphatic rings. The Kier molecular flexibility index (Phi) is 5.27. The summed E-state index contributed by atoms with van der Waals surface area (Å²) in [7, 11) is 1.32. The van der Waals surface area contributed by atoms with Crippen LogP contribution in [0.2, 0.25) is 0 Å². The van der Waals surface area contributed by atoms with E-state index < -0.39 is 5.97 Å². The minimum absolute atomic E-state index is 0.104. The van der Waals surface area contributed by atoms with Crippen molar-refractivity contribution in [2.45, 2.75) is 12.8 Å². The maximum Gasteiger partial charge on any atom is 0.337 e. The van der Waals surface area contributed by atoms with Crippen molar-refractivity contribution in [1.82, 2.24) is 4.90 Å². The largest absolute Gasteiger partial charge is 0.465 e. The van der Waals surface area contributed by atoms with Gasteiger partial charge in [0.15, 0.2) is 0 Å². The van der Waals surface area contributed by atoms with Crippen LogP contribution in [0.25, 0.3) is 6.08 Å². The fourth-order valence-corrected chi connectivity index (χ4v) is 2.88. The molecule has 1 fully saturated rings. The summed E-state index contributed by atoms with van der Waals surface area (Å²) in [6.07, 6.45) is 2.44. The van der Waals surface area contributed by atoms with Crippen molar-refractivity contribution < 1.29 is 19.1 Å². The van der Waals surface area contributed by atoms with Gasteiger partial charge in [0.1, 0.15) is 0 Å². The van der Waals surface area contributed by atoms with Crippen molar-refractivity contribution in [2.75, 3.05) is 13.7 Å². The first kappa shape index (κ1) is 17.6. The van der Waals surface area contributed by atoms with Gasteiger partial charge in [-0.25, -0.2) is 4.79 Å². The Balaban J connectivity index is 1.69. The maximum atomic E-state index is 12.5. The van der Waals surface area contributed by atoms with Crippen molar-refractivity contribution in [3.8, 4) is 0 Å². The van der Waals surface area contributed by atoms with Crippen molar-refractivity contribution in [1.29, 1.82) is 0 Å². The number of hydrogen-bond donors (Lipinski definition) is 0. The fourth-order valence-electron chi connectivity index (χ4n) is 2.88. The Morgan fingerprint density at radius 2 is 1.77 bits per heavy atom. The number of imide groups is 1. The van der Waals surface area contributed by atoms with E-state index in [-0.39, 0.29) is 18.2 Å². The van der Waals surface area contributed by atoms with Gasteiger partial charge in [-0.05, 0) is 35.8 Å². The highest BCUT2D eigenvalue weighted by molar-refractivity contribution is 6.15. The second kappa shape index (κ2) is 7.78. The van der Waals surface area contributed by atoms with E-state index in [2.05, 4.69) is 4.74 Å². The second-order valence-electron chi connectivity index (χ2n) is 6.05. The number of carbonyl (C=O) groups excluding carboxylic acids is 3. The summed E-state index contributed by atoms with van der Waals surface area (Å²) in [5.74, 6) is -0.838. The minimum atomic E-state index is -0.414. The number of ether oxygens (including phenoxy) is 1. The van der Waals surface area contributed by atoms with Crippen LogP contribution >= 0.6 is 0 Å². The van der Waals surface area contributed by atoms with Crippen molar-refractivity contribution >= 4 is 23.9 Å². The third-order valence-corrected chi connectivity index (χ3v) is 4.30. The quantitative estimate of drug-likeness (QED) is 0.473. The van der Waals surface area contributed by atoms with Crippen molar-refractivity contribution in [2.24, 2.45) is 0 Å². The first-order valence-corrected chi connectivity index (χ1v) is 8.36. The Hall–Kier alpha value is -3.21. The van der Waals surface area contributed by atoms with Crippen LogP contribution in [0.3, 0.4) is 0 Å². The van der Waals surface area contributed by atoms with E-state index in [1.54, 1.807) is 30.3 Å². The number of carbonyl (C=O) groups is 3. The molecule has 2 amide bonds. The Bertz CT molecular complexity index is 853. The van der Waals surface area contributed by atoms with Gasteiger partial charge < -0.3 is 4.74 Å². The first-order valence-electron chi connectivity index (χ1n) is 8.36. The van der Waals surface area contributed by atoms with Crippen LogP contribution in [-0.4, -0.2) is 36.3 Å². The molecule has 0 spiro atoms. The number of hydrogen-bond acceptors (Lipinski definition) is 4. The predicted molar refractivity (Wildman–Crippen MR) is 97.2 cm³/mol. The summed E-state index contributed by atoms with van der Waals surface area (Å²) >= 11 is 0. The predicted octanol–water partition coefficient (Wildman–Crippen LogP) is 2.86. The van der Waals surface area contributed by atoms with Gasteiger partial charge >= 0.3 is 5.97 Å². The molecule has 5 nitrogen and oxygen atoms in total. The number of methoxy groups -OCH3 is 1. The van der Waals surface area contributed by atoms with Crippen LogP contribution in [-0.2, 0) is 20.7 Å². The summed E-state index contributed by atoms with van der Waals surface area (Å²) < 4.78 is 4.66. The van der Waals surface area contributed by atoms with Gasteiger partial charge in [0, 0.05) is 12.1 Å². The van der Waals surface area contributed by atoms with Crippen LogP contribution in [0.4, 0.5) is 0 Å². The van der Waals surface area contributed by atoms with Crippen LogP contribution in [0.1, 0.15) is 27.9 Å². The molecular weight excluding hydrogens is 330 g/mol. The molecule has 0 aromatic heterocycles. The number of nitrogens with zero attached hydrogens (tertiary/aromatic N) is 1. The van der Waals surface area contributed by atoms with Crippen LogP contribution in [0, 0.1) is 0 Å². The number of esters is 1. The molecule has 1 aliphatic heterocycles. The zero-order valence-corrected chi connectivity index (χ0v) is 14.5. The van der Waals surface area contributed by atoms with Gasteiger partial charge in [-0.2, -0.15) is 0 Å². The normalized spacial score (nSPS) is 15.6. The van der Waals surface area contributed by atoms with E-state index in [0.29, 0.717) is 24.1 Å². The third-order valence-electron chi connectivity index (χ3n) is 4.30. The zero-order chi connectivity index (χ0) is 18.5. The highest BCUT2D eigenvalue weighted by atomic mass is 16.5. The van der Waals surface area contributed by atoms with Gasteiger partial charge in [0.05, 0.1) is 19.1 Å². The molecule has 1 heterocycles. The molecule has 2 aromatic rings. The Morgan fingerprint density at radius 3 is 2.42 bits per heavy atom. The van der Waals surface area contributed by atoms with Crippen LogP contribution in [0.15, 0.2) is 60.2 Å². The molecule has 0 aliphatic carbocycles. The maximum absolute atomic E-state index is 12.5. The van der Waals surface area contributed by atoms with Crippen LogP contribution in [0.5, 0.6) is 0 Å². The SMILES string of the molecule is COC(=O)c1ccc(/C=C2\CC(=O)N(CCc3ccccc3)C2=O)cc1. The third kappa shape index (κ3) is 3.88. The number of rotatable bonds is 5. The molecule has 132 valence electrons. The van der Waals surface area contributed by atoms with E-state index in [9.17, 15) is 14.4 Å². The van der Waals surface area contributed by atoms with E-state index in [4.69, 9.17) is 0 Å². The molecule has 0 unspecified atom stereocenters. The summed E-state index contributed by atoms with van der Waals surface area (Å²) in [6.45, 7) is 0.375. The van der Waals surface area contributed by atoms with Crippen LogP contribution < -0.4 is 0 Å². The van der Waals surface area contributed by atoms with E-state index >= 15 is 0 Å². The lowest BCUT2D eigenvalue weighted by atomic mass is 10.1. The average molecular weight is 349 g/mol. The molecule has 0 saturated carbocycles. The number of likely N-dealkylation sites (tertiary alicyclic amines) is 1. The van der Waals surface area contributed by atoms with Crippen molar-refractivity contribution in [3.63, 3.8) is 0 Å². The molecule has 0 N–H and O–H groups in total. The van der Waals surface area contributed by atoms with Gasteiger partial charge in [-0.3, -0.25) is 14.5 Å². The van der Waals surface area contributed by atoms with Crippen molar-refractivity contribution in [3.05, 3.63) is 76.9 Å². The lowest BCUT2D eigenvalue weighted by molar-refractivity contribution is -0.137. The van der Waals surface area contributed by atoms with Gasteiger partial charge in [-0.1, -0.05) is 42.5 Å². The second-order valence-corrected chi connectivity index (χ2v) is 6.05. The molecule has 0 atom stereocenters. The summed E-state index contributed by atoms with van der Waals surface area (Å²) in [5, 5.41) is 0. The summed E-state index contributed by atoms with van der Waals surface area (Å²) in [5.41, 5.74) is 2.75. The molecule has 0 bridgehead atoms. The molecule has 3 rings (SSSR count). The smallest absolute Gasteiger partial charge is 0.337 e. The Morgan fingerprint density at radius 1 is 1.08 bits per heavy atom. The molecule has 26 heavy (non-hydrogen) atoms. The fraction of sp³-hybridized carbons (Fsp3) is 0.190. The Labute approximate surface area is 151 Å². The van der Waals surface area contributed by atoms with E-state index in [1.807, 2.05) is 30.3 Å². The highest BCUT2D eigenvalue weighted by Crippen LogP contribution is 2.22. The average Bonchev–Trinajstić information content (AvgIpc) is 2.94. The number of amides is 2. The molecule has 0 radical (unpaired) electrons. The summed E-state index contributed by atoms with van der Waals surface area (Å²) in [4.78, 5) is 37.5. The zero-order valence-electron chi connectivity index (χ0n) is 14.5. The topological polar surface area (TPSA) is 63.7 Å². The lowest BCUT2D eigenvalue weighted by Gasteiger charge is -2.13. The van der Waals surface area contributed by atoms with E-state index in [1.165, 1.54) is 12.0 Å². The molecule has 5 heteroatoms. The van der Waals surface area contributed by atoms with E-state index in [0.717, 1.165) is 11.1 Å².